The van der Waals surface area contributed by atoms with Crippen molar-refractivity contribution in [2.24, 2.45) is 5.73 Å². The molecule has 0 aliphatic rings. The van der Waals surface area contributed by atoms with E-state index in [1.807, 2.05) is 12.1 Å². The maximum absolute atomic E-state index is 12.8. The van der Waals surface area contributed by atoms with E-state index in [1.165, 1.54) is 12.1 Å². The first-order chi connectivity index (χ1) is 10.0. The molecular weight excluding hydrogens is 287 g/mol. The Balaban J connectivity index is 2.00. The lowest BCUT2D eigenvalue weighted by molar-refractivity contribution is 0.248. The monoisotopic (exact) mass is 302 g/mol. The van der Waals surface area contributed by atoms with Gasteiger partial charge in [0.05, 0.1) is 10.9 Å². The van der Waals surface area contributed by atoms with Crippen molar-refractivity contribution in [3.8, 4) is 11.8 Å². The fraction of sp³-hybridized carbons (Fsp3) is 0.188. The van der Waals surface area contributed by atoms with E-state index in [0.29, 0.717) is 0 Å². The number of urea groups is 1. The van der Waals surface area contributed by atoms with Crippen LogP contribution in [0.2, 0.25) is 0 Å². The Labute approximate surface area is 127 Å². The third-order valence-corrected chi connectivity index (χ3v) is 3.72. The number of rotatable bonds is 3. The molecule has 2 rings (SSSR count). The van der Waals surface area contributed by atoms with E-state index in [2.05, 4.69) is 17.2 Å². The highest BCUT2D eigenvalue weighted by atomic mass is 32.1. The Hall–Kier alpha value is -2.32. The largest absolute Gasteiger partial charge is 0.352 e. The van der Waals surface area contributed by atoms with E-state index in [-0.39, 0.29) is 11.9 Å². The van der Waals surface area contributed by atoms with E-state index >= 15 is 0 Å². The molecule has 2 aromatic rings. The Morgan fingerprint density at radius 1 is 1.33 bits per heavy atom. The summed E-state index contributed by atoms with van der Waals surface area (Å²) in [4.78, 5) is 12.7. The van der Waals surface area contributed by atoms with Crippen molar-refractivity contribution in [3.05, 3.63) is 57.5 Å². The zero-order valence-electron chi connectivity index (χ0n) is 11.5. The fourth-order valence-corrected chi connectivity index (χ4v) is 2.68. The summed E-state index contributed by atoms with van der Waals surface area (Å²) in [6, 6.07) is 9.54. The van der Waals surface area contributed by atoms with Crippen LogP contribution >= 0.6 is 11.3 Å². The number of halogens is 1. The van der Waals surface area contributed by atoms with Crippen molar-refractivity contribution in [3.63, 3.8) is 0 Å². The second-order valence-corrected chi connectivity index (χ2v) is 5.74. The van der Waals surface area contributed by atoms with Crippen molar-refractivity contribution >= 4 is 17.4 Å². The second kappa shape index (κ2) is 6.91. The first-order valence-electron chi connectivity index (χ1n) is 6.43. The lowest BCUT2D eigenvalue weighted by Crippen LogP contribution is -2.35. The van der Waals surface area contributed by atoms with E-state index in [0.717, 1.165) is 21.7 Å². The van der Waals surface area contributed by atoms with Gasteiger partial charge in [0, 0.05) is 11.3 Å². The first kappa shape index (κ1) is 15.1. The maximum atomic E-state index is 12.8. The summed E-state index contributed by atoms with van der Waals surface area (Å²) in [5, 5.41) is 2.50. The Kier molecular flexibility index (Phi) is 4.96. The van der Waals surface area contributed by atoms with Gasteiger partial charge in [-0.05, 0) is 36.8 Å². The molecule has 3 N–H and O–H groups in total. The number of thiophene rings is 1. The van der Waals surface area contributed by atoms with Gasteiger partial charge in [0.15, 0.2) is 0 Å². The van der Waals surface area contributed by atoms with Crippen LogP contribution in [0.15, 0.2) is 36.4 Å². The van der Waals surface area contributed by atoms with Gasteiger partial charge in [0.2, 0.25) is 0 Å². The number of hydrogen-bond acceptors (Lipinski definition) is 2. The highest BCUT2D eigenvalue weighted by Gasteiger charge is 2.02. The molecule has 5 heteroatoms. The zero-order valence-corrected chi connectivity index (χ0v) is 12.3. The van der Waals surface area contributed by atoms with Crippen LogP contribution in [-0.2, 0) is 6.42 Å². The second-order valence-electron chi connectivity index (χ2n) is 4.57. The SMILES string of the molecule is C[C@H](C#Cc1ccc(Cc2ccc(F)cc2)s1)NC(N)=O. The summed E-state index contributed by atoms with van der Waals surface area (Å²) < 4.78 is 12.8. The molecule has 0 unspecified atom stereocenters. The van der Waals surface area contributed by atoms with Crippen LogP contribution < -0.4 is 11.1 Å². The number of hydrogen-bond donors (Lipinski definition) is 2. The van der Waals surface area contributed by atoms with Gasteiger partial charge in [-0.3, -0.25) is 0 Å². The van der Waals surface area contributed by atoms with Crippen molar-refractivity contribution in [1.82, 2.24) is 5.32 Å². The number of benzene rings is 1. The summed E-state index contributed by atoms with van der Waals surface area (Å²) in [5.41, 5.74) is 6.08. The van der Waals surface area contributed by atoms with E-state index in [9.17, 15) is 9.18 Å². The number of carbonyl (C=O) groups excluding carboxylic acids is 1. The molecule has 0 radical (unpaired) electrons. The minimum atomic E-state index is -0.583. The average Bonchev–Trinajstić information content (AvgIpc) is 2.86. The van der Waals surface area contributed by atoms with Gasteiger partial charge in [-0.2, -0.15) is 0 Å². The predicted molar refractivity (Wildman–Crippen MR) is 82.6 cm³/mol. The maximum Gasteiger partial charge on any atom is 0.313 e. The van der Waals surface area contributed by atoms with Gasteiger partial charge in [0.25, 0.3) is 0 Å². The summed E-state index contributed by atoms with van der Waals surface area (Å²) >= 11 is 1.58. The quantitative estimate of drug-likeness (QED) is 0.842. The zero-order chi connectivity index (χ0) is 15.2. The van der Waals surface area contributed by atoms with E-state index < -0.39 is 6.03 Å². The van der Waals surface area contributed by atoms with Crippen LogP contribution in [0.5, 0.6) is 0 Å². The highest BCUT2D eigenvalue weighted by molar-refractivity contribution is 7.12. The predicted octanol–water partition coefficient (Wildman–Crippen LogP) is 2.89. The van der Waals surface area contributed by atoms with Crippen LogP contribution in [0.4, 0.5) is 9.18 Å². The van der Waals surface area contributed by atoms with Gasteiger partial charge in [-0.1, -0.05) is 24.0 Å². The summed E-state index contributed by atoms with van der Waals surface area (Å²) in [6.45, 7) is 1.77. The molecule has 1 aromatic carbocycles. The fourth-order valence-electron chi connectivity index (χ4n) is 1.77. The smallest absolute Gasteiger partial charge is 0.313 e. The molecule has 1 atom stereocenters. The summed E-state index contributed by atoms with van der Waals surface area (Å²) in [6.07, 6.45) is 0.752. The van der Waals surface area contributed by atoms with Crippen LogP contribution in [0.25, 0.3) is 0 Å². The topological polar surface area (TPSA) is 55.1 Å². The molecule has 0 aliphatic carbocycles. The molecule has 3 nitrogen and oxygen atoms in total. The number of carbonyl (C=O) groups is 1. The Bertz CT molecular complexity index is 682. The van der Waals surface area contributed by atoms with Crippen molar-refractivity contribution < 1.29 is 9.18 Å². The number of primary amides is 1. The van der Waals surface area contributed by atoms with Crippen molar-refractivity contribution in [2.45, 2.75) is 19.4 Å². The minimum absolute atomic E-state index is 0.229. The molecule has 0 spiro atoms. The number of amides is 2. The summed E-state index contributed by atoms with van der Waals surface area (Å²) in [7, 11) is 0. The lowest BCUT2D eigenvalue weighted by atomic mass is 10.1. The average molecular weight is 302 g/mol. The number of nitrogens with one attached hydrogen (secondary N) is 1. The Morgan fingerprint density at radius 2 is 2.05 bits per heavy atom. The van der Waals surface area contributed by atoms with Gasteiger partial charge >= 0.3 is 6.03 Å². The molecule has 0 saturated heterocycles. The first-order valence-corrected chi connectivity index (χ1v) is 7.25. The van der Waals surface area contributed by atoms with Crippen LogP contribution in [0, 0.1) is 17.7 Å². The van der Waals surface area contributed by atoms with Gasteiger partial charge in [0.1, 0.15) is 5.82 Å². The lowest BCUT2D eigenvalue weighted by Gasteiger charge is -2.02. The van der Waals surface area contributed by atoms with Crippen molar-refractivity contribution in [2.75, 3.05) is 0 Å². The molecule has 0 bridgehead atoms. The molecule has 1 aromatic heterocycles. The standard InChI is InChI=1S/C16H15FN2OS/c1-11(19-16(18)20)2-7-14-8-9-15(21-14)10-12-3-5-13(17)6-4-12/h3-6,8-9,11H,10H2,1H3,(H3,18,19,20)/t11-/m1/s1. The highest BCUT2D eigenvalue weighted by Crippen LogP contribution is 2.19. The normalized spacial score (nSPS) is 11.3. The molecule has 2 amide bonds. The third-order valence-electron chi connectivity index (χ3n) is 2.72. The Morgan fingerprint density at radius 3 is 2.71 bits per heavy atom. The molecule has 0 fully saturated rings. The van der Waals surface area contributed by atoms with Crippen LogP contribution in [0.3, 0.4) is 0 Å². The van der Waals surface area contributed by atoms with Crippen LogP contribution in [-0.4, -0.2) is 12.1 Å². The molecule has 108 valence electrons. The van der Waals surface area contributed by atoms with E-state index in [1.54, 1.807) is 30.4 Å². The summed E-state index contributed by atoms with van der Waals surface area (Å²) in [5.74, 6) is 5.69. The molecule has 0 saturated carbocycles. The molecule has 0 aliphatic heterocycles. The molecular formula is C16H15FN2OS. The number of nitrogens with two attached hydrogens (primary N) is 1. The van der Waals surface area contributed by atoms with E-state index in [4.69, 9.17) is 5.73 Å². The minimum Gasteiger partial charge on any atom is -0.352 e. The van der Waals surface area contributed by atoms with Gasteiger partial charge in [-0.15, -0.1) is 11.3 Å². The van der Waals surface area contributed by atoms with Gasteiger partial charge in [-0.25, -0.2) is 9.18 Å². The third kappa shape index (κ3) is 4.93. The molecule has 1 heterocycles. The molecule has 21 heavy (non-hydrogen) atoms. The van der Waals surface area contributed by atoms with Crippen molar-refractivity contribution in [1.29, 1.82) is 0 Å². The van der Waals surface area contributed by atoms with Crippen LogP contribution in [0.1, 0.15) is 22.2 Å². The van der Waals surface area contributed by atoms with Gasteiger partial charge < -0.3 is 11.1 Å².